The molecule has 28 heavy (non-hydrogen) atoms. The smallest absolute Gasteiger partial charge is 0.232 e. The van der Waals surface area contributed by atoms with Gasteiger partial charge in [0.05, 0.1) is 24.5 Å². The first kappa shape index (κ1) is 19.0. The third-order valence-corrected chi connectivity index (χ3v) is 6.58. The van der Waals surface area contributed by atoms with Gasteiger partial charge in [-0.1, -0.05) is 23.9 Å². The van der Waals surface area contributed by atoms with Crippen molar-refractivity contribution in [3.8, 4) is 5.75 Å². The number of anilines is 1. The second-order valence-electron chi connectivity index (χ2n) is 6.63. The van der Waals surface area contributed by atoms with Crippen LogP contribution in [0.25, 0.3) is 10.2 Å². The standard InChI is InChI=1S/C20H22N4O2S2/c1-3-24-11-14(26-17-7-5-4-6-16(17)24)10-23(2)18(25)12-28-20-15-8-9-27-19(15)21-13-22-20/h4-9,13-14H,3,10-12H2,1-2H3/t14-/m1/s1. The minimum Gasteiger partial charge on any atom is -0.485 e. The third-order valence-electron chi connectivity index (χ3n) is 4.77. The summed E-state index contributed by atoms with van der Waals surface area (Å²) >= 11 is 3.04. The van der Waals surface area contributed by atoms with Crippen LogP contribution in [-0.4, -0.2) is 59.3 Å². The Kier molecular flexibility index (Phi) is 5.68. The number of rotatable bonds is 6. The van der Waals surface area contributed by atoms with Gasteiger partial charge in [0.15, 0.2) is 0 Å². The van der Waals surface area contributed by atoms with Gasteiger partial charge in [-0.15, -0.1) is 11.3 Å². The van der Waals surface area contributed by atoms with Crippen LogP contribution in [0.4, 0.5) is 5.69 Å². The molecule has 2 aromatic heterocycles. The normalized spacial score (nSPS) is 15.9. The van der Waals surface area contributed by atoms with Crippen LogP contribution in [0, 0.1) is 0 Å². The van der Waals surface area contributed by atoms with E-state index in [1.54, 1.807) is 22.6 Å². The Bertz CT molecular complexity index is 978. The molecule has 3 aromatic rings. The summed E-state index contributed by atoms with van der Waals surface area (Å²) in [6.45, 7) is 4.38. The number of carbonyl (C=O) groups is 1. The third kappa shape index (κ3) is 3.93. The van der Waals surface area contributed by atoms with Gasteiger partial charge in [-0.2, -0.15) is 0 Å². The van der Waals surface area contributed by atoms with Gasteiger partial charge >= 0.3 is 0 Å². The molecule has 3 heterocycles. The zero-order valence-corrected chi connectivity index (χ0v) is 17.5. The zero-order chi connectivity index (χ0) is 19.5. The van der Waals surface area contributed by atoms with Crippen LogP contribution >= 0.6 is 23.1 Å². The molecule has 1 aromatic carbocycles. The average Bonchev–Trinajstić information content (AvgIpc) is 3.20. The van der Waals surface area contributed by atoms with Crippen molar-refractivity contribution in [2.45, 2.75) is 18.1 Å². The Morgan fingerprint density at radius 2 is 2.21 bits per heavy atom. The van der Waals surface area contributed by atoms with Crippen LogP contribution in [0.2, 0.25) is 0 Å². The number of thioether (sulfide) groups is 1. The molecule has 4 rings (SSSR count). The molecule has 0 saturated carbocycles. The molecule has 1 aliphatic rings. The molecule has 0 bridgehead atoms. The Morgan fingerprint density at radius 3 is 3.07 bits per heavy atom. The average molecular weight is 415 g/mol. The van der Waals surface area contributed by atoms with Crippen molar-refractivity contribution in [1.29, 1.82) is 0 Å². The first-order valence-corrected chi connectivity index (χ1v) is 11.1. The molecule has 0 aliphatic carbocycles. The fourth-order valence-corrected chi connectivity index (χ4v) is 5.02. The largest absolute Gasteiger partial charge is 0.485 e. The Labute approximate surface area is 172 Å². The molecule has 0 spiro atoms. The quantitative estimate of drug-likeness (QED) is 0.454. The lowest BCUT2D eigenvalue weighted by molar-refractivity contribution is -0.128. The maximum atomic E-state index is 12.7. The lowest BCUT2D eigenvalue weighted by atomic mass is 10.2. The van der Waals surface area contributed by atoms with Gasteiger partial charge in [-0.3, -0.25) is 4.79 Å². The van der Waals surface area contributed by atoms with Crippen molar-refractivity contribution < 1.29 is 9.53 Å². The fourth-order valence-electron chi connectivity index (χ4n) is 3.30. The van der Waals surface area contributed by atoms with Gasteiger partial charge in [-0.05, 0) is 30.5 Å². The maximum Gasteiger partial charge on any atom is 0.232 e. The molecule has 146 valence electrons. The topological polar surface area (TPSA) is 58.6 Å². The minimum absolute atomic E-state index is 0.0450. The highest BCUT2D eigenvalue weighted by atomic mass is 32.2. The van der Waals surface area contributed by atoms with E-state index in [-0.39, 0.29) is 12.0 Å². The number of amides is 1. The molecule has 1 atom stereocenters. The van der Waals surface area contributed by atoms with Gasteiger partial charge in [0.2, 0.25) is 5.91 Å². The summed E-state index contributed by atoms with van der Waals surface area (Å²) in [7, 11) is 1.84. The van der Waals surface area contributed by atoms with E-state index in [1.807, 2.05) is 36.7 Å². The van der Waals surface area contributed by atoms with Crippen molar-refractivity contribution in [3.05, 3.63) is 42.0 Å². The molecule has 1 aliphatic heterocycles. The van der Waals surface area contributed by atoms with Crippen LogP contribution in [0.3, 0.4) is 0 Å². The summed E-state index contributed by atoms with van der Waals surface area (Å²) < 4.78 is 6.13. The molecule has 0 unspecified atom stereocenters. The summed E-state index contributed by atoms with van der Waals surface area (Å²) in [5.74, 6) is 1.30. The molecular weight excluding hydrogens is 392 g/mol. The number of benzene rings is 1. The number of thiophene rings is 1. The number of hydrogen-bond donors (Lipinski definition) is 0. The van der Waals surface area contributed by atoms with Gasteiger partial charge in [0.1, 0.15) is 28.0 Å². The molecule has 0 saturated heterocycles. The Balaban J connectivity index is 1.36. The van der Waals surface area contributed by atoms with Crippen molar-refractivity contribution in [1.82, 2.24) is 14.9 Å². The number of carbonyl (C=O) groups excluding carboxylic acids is 1. The Hall–Kier alpha value is -2.32. The van der Waals surface area contributed by atoms with E-state index >= 15 is 0 Å². The van der Waals surface area contributed by atoms with Crippen LogP contribution in [0.1, 0.15) is 6.92 Å². The van der Waals surface area contributed by atoms with E-state index in [1.165, 1.54) is 11.8 Å². The molecule has 0 N–H and O–H groups in total. The van der Waals surface area contributed by atoms with E-state index in [2.05, 4.69) is 27.9 Å². The van der Waals surface area contributed by atoms with E-state index < -0.39 is 0 Å². The summed E-state index contributed by atoms with van der Waals surface area (Å²) in [4.78, 5) is 26.2. The van der Waals surface area contributed by atoms with Gasteiger partial charge in [0.25, 0.3) is 0 Å². The summed E-state index contributed by atoms with van der Waals surface area (Å²) in [6.07, 6.45) is 1.51. The second kappa shape index (κ2) is 8.36. The molecule has 6 nitrogen and oxygen atoms in total. The lowest BCUT2D eigenvalue weighted by Crippen LogP contribution is -2.47. The van der Waals surface area contributed by atoms with E-state index in [4.69, 9.17) is 4.74 Å². The predicted octanol–water partition coefficient (Wildman–Crippen LogP) is 3.53. The lowest BCUT2D eigenvalue weighted by Gasteiger charge is -2.37. The molecule has 0 radical (unpaired) electrons. The molecule has 8 heteroatoms. The number of aromatic nitrogens is 2. The molecular formula is C20H22N4O2S2. The number of para-hydroxylation sites is 2. The van der Waals surface area contributed by atoms with Crippen molar-refractivity contribution in [3.63, 3.8) is 0 Å². The minimum atomic E-state index is -0.0450. The number of fused-ring (bicyclic) bond motifs is 2. The van der Waals surface area contributed by atoms with Crippen molar-refractivity contribution in [2.75, 3.05) is 37.3 Å². The second-order valence-corrected chi connectivity index (χ2v) is 8.49. The summed E-state index contributed by atoms with van der Waals surface area (Å²) in [6, 6.07) is 10.1. The van der Waals surface area contributed by atoms with Gasteiger partial charge < -0.3 is 14.5 Å². The summed E-state index contributed by atoms with van der Waals surface area (Å²) in [5, 5.41) is 3.86. The SMILES string of the molecule is CCN1C[C@@H](CN(C)C(=O)CSc2ncnc3sccc23)Oc2ccccc21. The van der Waals surface area contributed by atoms with Crippen molar-refractivity contribution >= 4 is 44.9 Å². The van der Waals surface area contributed by atoms with E-state index in [9.17, 15) is 4.79 Å². The maximum absolute atomic E-state index is 12.7. The number of nitrogens with zero attached hydrogens (tertiary/aromatic N) is 4. The van der Waals surface area contributed by atoms with Gasteiger partial charge in [0, 0.05) is 19.0 Å². The van der Waals surface area contributed by atoms with Crippen molar-refractivity contribution in [2.24, 2.45) is 0 Å². The van der Waals surface area contributed by atoms with Crippen LogP contribution in [0.5, 0.6) is 5.75 Å². The van der Waals surface area contributed by atoms with Gasteiger partial charge in [-0.25, -0.2) is 9.97 Å². The van der Waals surface area contributed by atoms with E-state index in [0.29, 0.717) is 12.3 Å². The van der Waals surface area contributed by atoms with Crippen LogP contribution in [-0.2, 0) is 4.79 Å². The van der Waals surface area contributed by atoms with Crippen LogP contribution < -0.4 is 9.64 Å². The van der Waals surface area contributed by atoms with Crippen LogP contribution in [0.15, 0.2) is 47.1 Å². The Morgan fingerprint density at radius 1 is 1.36 bits per heavy atom. The highest BCUT2D eigenvalue weighted by Crippen LogP contribution is 2.33. The highest BCUT2D eigenvalue weighted by molar-refractivity contribution is 8.00. The number of likely N-dealkylation sites (N-methyl/N-ethyl adjacent to an activating group) is 2. The zero-order valence-electron chi connectivity index (χ0n) is 15.9. The number of ether oxygens (including phenoxy) is 1. The van der Waals surface area contributed by atoms with E-state index in [0.717, 1.165) is 39.8 Å². The monoisotopic (exact) mass is 414 g/mol. The summed E-state index contributed by atoms with van der Waals surface area (Å²) in [5.41, 5.74) is 1.12. The number of hydrogen-bond acceptors (Lipinski definition) is 7. The fraction of sp³-hybridized carbons (Fsp3) is 0.350. The first-order chi connectivity index (χ1) is 13.7. The highest BCUT2D eigenvalue weighted by Gasteiger charge is 2.26. The predicted molar refractivity (Wildman–Crippen MR) is 115 cm³/mol. The molecule has 1 amide bonds. The molecule has 0 fully saturated rings. The first-order valence-electron chi connectivity index (χ1n) is 9.21.